The van der Waals surface area contributed by atoms with E-state index >= 15 is 0 Å². The summed E-state index contributed by atoms with van der Waals surface area (Å²) in [7, 11) is 2.00. The molecule has 2 nitrogen and oxygen atoms in total. The Morgan fingerprint density at radius 2 is 1.61 bits per heavy atom. The first-order chi connectivity index (χ1) is 8.88. The van der Waals surface area contributed by atoms with Crippen molar-refractivity contribution < 1.29 is 0 Å². The summed E-state index contributed by atoms with van der Waals surface area (Å²) < 4.78 is 0. The Bertz CT molecular complexity index is 327. The van der Waals surface area contributed by atoms with Crippen LogP contribution in [-0.2, 0) is 12.8 Å². The lowest BCUT2D eigenvalue weighted by atomic mass is 10.0. The van der Waals surface area contributed by atoms with Gasteiger partial charge in [0.1, 0.15) is 0 Å². The second-order valence-corrected chi connectivity index (χ2v) is 5.36. The van der Waals surface area contributed by atoms with Crippen LogP contribution in [-0.4, -0.2) is 26.2 Å². The molecule has 1 aliphatic carbocycles. The molecule has 18 heavy (non-hydrogen) atoms. The minimum atomic E-state index is 0.858. The third kappa shape index (κ3) is 5.19. The minimum Gasteiger partial charge on any atom is -0.319 e. The second kappa shape index (κ2) is 7.55. The van der Waals surface area contributed by atoms with E-state index in [1.54, 1.807) is 0 Å². The van der Waals surface area contributed by atoms with Crippen molar-refractivity contribution in [2.45, 2.75) is 44.6 Å². The molecule has 0 radical (unpaired) electrons. The van der Waals surface area contributed by atoms with Gasteiger partial charge in [0.25, 0.3) is 0 Å². The average Bonchev–Trinajstić information content (AvgIpc) is 3.21. The molecule has 2 rings (SSSR count). The Labute approximate surface area is 111 Å². The Kier molecular flexibility index (Phi) is 5.69. The molecule has 1 saturated carbocycles. The molecule has 1 aromatic rings. The van der Waals surface area contributed by atoms with Gasteiger partial charge in [0, 0.05) is 6.04 Å². The van der Waals surface area contributed by atoms with Crippen molar-refractivity contribution in [2.75, 3.05) is 20.1 Å². The van der Waals surface area contributed by atoms with Crippen LogP contribution in [0.4, 0.5) is 0 Å². The fourth-order valence-corrected chi connectivity index (χ4v) is 2.19. The van der Waals surface area contributed by atoms with Gasteiger partial charge in [0.05, 0.1) is 0 Å². The number of likely N-dealkylation sites (N-methyl/N-ethyl adjacent to an activating group) is 1. The molecule has 0 amide bonds. The highest BCUT2D eigenvalue weighted by Gasteiger charge is 2.19. The van der Waals surface area contributed by atoms with Crippen LogP contribution in [0.1, 0.15) is 36.8 Å². The summed E-state index contributed by atoms with van der Waals surface area (Å²) in [6.07, 6.45) is 7.75. The summed E-state index contributed by atoms with van der Waals surface area (Å²) in [4.78, 5) is 0. The van der Waals surface area contributed by atoms with Crippen LogP contribution in [0.2, 0.25) is 0 Å². The lowest BCUT2D eigenvalue weighted by Crippen LogP contribution is -2.17. The number of unbranched alkanes of at least 4 members (excludes halogenated alkanes) is 1. The van der Waals surface area contributed by atoms with E-state index in [4.69, 9.17) is 0 Å². The third-order valence-electron chi connectivity index (χ3n) is 3.59. The topological polar surface area (TPSA) is 24.1 Å². The lowest BCUT2D eigenvalue weighted by molar-refractivity contribution is 0.620. The first-order valence-corrected chi connectivity index (χ1v) is 7.34. The predicted molar refractivity (Wildman–Crippen MR) is 78.0 cm³/mol. The van der Waals surface area contributed by atoms with Gasteiger partial charge in [-0.05, 0) is 69.8 Å². The first kappa shape index (κ1) is 13.6. The zero-order chi connectivity index (χ0) is 12.6. The van der Waals surface area contributed by atoms with Gasteiger partial charge in [0.15, 0.2) is 0 Å². The minimum absolute atomic E-state index is 0.858. The molecule has 0 heterocycles. The van der Waals surface area contributed by atoms with E-state index in [-0.39, 0.29) is 0 Å². The highest BCUT2D eigenvalue weighted by atomic mass is 14.9. The van der Waals surface area contributed by atoms with Gasteiger partial charge in [0.2, 0.25) is 0 Å². The molecule has 1 aromatic carbocycles. The maximum atomic E-state index is 3.57. The quantitative estimate of drug-likeness (QED) is 0.654. The van der Waals surface area contributed by atoms with Crippen LogP contribution in [0.15, 0.2) is 24.3 Å². The van der Waals surface area contributed by atoms with E-state index in [2.05, 4.69) is 34.9 Å². The summed E-state index contributed by atoms with van der Waals surface area (Å²) in [5, 5.41) is 6.75. The van der Waals surface area contributed by atoms with Crippen LogP contribution in [0.25, 0.3) is 0 Å². The number of nitrogens with one attached hydrogen (secondary N) is 2. The molecule has 1 fully saturated rings. The molecule has 0 aliphatic heterocycles. The van der Waals surface area contributed by atoms with Crippen LogP contribution in [0.3, 0.4) is 0 Å². The lowest BCUT2D eigenvalue weighted by Gasteiger charge is -2.05. The molecular formula is C16H26N2. The van der Waals surface area contributed by atoms with Crippen LogP contribution < -0.4 is 10.6 Å². The highest BCUT2D eigenvalue weighted by Crippen LogP contribution is 2.18. The summed E-state index contributed by atoms with van der Waals surface area (Å²) in [6, 6.07) is 9.99. The fraction of sp³-hybridized carbons (Fsp3) is 0.625. The monoisotopic (exact) mass is 246 g/mol. The van der Waals surface area contributed by atoms with E-state index in [9.17, 15) is 0 Å². The number of benzene rings is 1. The Morgan fingerprint density at radius 3 is 2.22 bits per heavy atom. The van der Waals surface area contributed by atoms with Gasteiger partial charge < -0.3 is 10.6 Å². The molecule has 0 bridgehead atoms. The van der Waals surface area contributed by atoms with Crippen molar-refractivity contribution in [1.29, 1.82) is 0 Å². The van der Waals surface area contributed by atoms with E-state index in [0.717, 1.165) is 19.0 Å². The second-order valence-electron chi connectivity index (χ2n) is 5.36. The van der Waals surface area contributed by atoms with Gasteiger partial charge in [-0.1, -0.05) is 24.3 Å². The van der Waals surface area contributed by atoms with Gasteiger partial charge in [-0.2, -0.15) is 0 Å². The predicted octanol–water partition coefficient (Wildman–Crippen LogP) is 2.52. The maximum absolute atomic E-state index is 3.57. The van der Waals surface area contributed by atoms with Gasteiger partial charge in [-0.15, -0.1) is 0 Å². The zero-order valence-electron chi connectivity index (χ0n) is 11.5. The van der Waals surface area contributed by atoms with E-state index < -0.39 is 0 Å². The molecule has 0 saturated heterocycles. The summed E-state index contributed by atoms with van der Waals surface area (Å²) in [6.45, 7) is 2.26. The SMILES string of the molecule is CNCCc1ccc(CCCCNC2CC2)cc1. The van der Waals surface area contributed by atoms with Crippen LogP contribution >= 0.6 is 0 Å². The first-order valence-electron chi connectivity index (χ1n) is 7.34. The Balaban J connectivity index is 1.59. The van der Waals surface area contributed by atoms with Crippen molar-refractivity contribution in [2.24, 2.45) is 0 Å². The van der Waals surface area contributed by atoms with E-state index in [1.807, 2.05) is 7.05 Å². The molecule has 0 atom stereocenters. The maximum Gasteiger partial charge on any atom is 0.00682 e. The van der Waals surface area contributed by atoms with Crippen molar-refractivity contribution in [3.63, 3.8) is 0 Å². The smallest absolute Gasteiger partial charge is 0.00682 e. The summed E-state index contributed by atoms with van der Waals surface area (Å²) in [5.41, 5.74) is 2.91. The molecule has 0 unspecified atom stereocenters. The molecule has 0 spiro atoms. The number of aryl methyl sites for hydroxylation is 1. The molecule has 100 valence electrons. The van der Waals surface area contributed by atoms with E-state index in [1.165, 1.54) is 49.8 Å². The number of rotatable bonds is 9. The standard InChI is InChI=1S/C16H26N2/c1-17-13-11-15-7-5-14(6-8-15)4-2-3-12-18-16-9-10-16/h5-8,16-18H,2-4,9-13H2,1H3. The molecule has 2 N–H and O–H groups in total. The largest absolute Gasteiger partial charge is 0.319 e. The van der Waals surface area contributed by atoms with Crippen molar-refractivity contribution in [3.05, 3.63) is 35.4 Å². The van der Waals surface area contributed by atoms with Crippen LogP contribution in [0.5, 0.6) is 0 Å². The van der Waals surface area contributed by atoms with Crippen LogP contribution in [0, 0.1) is 0 Å². The molecule has 0 aromatic heterocycles. The Hall–Kier alpha value is -0.860. The van der Waals surface area contributed by atoms with Gasteiger partial charge in [-0.25, -0.2) is 0 Å². The number of hydrogen-bond donors (Lipinski definition) is 2. The highest BCUT2D eigenvalue weighted by molar-refractivity contribution is 5.22. The zero-order valence-corrected chi connectivity index (χ0v) is 11.5. The third-order valence-corrected chi connectivity index (χ3v) is 3.59. The van der Waals surface area contributed by atoms with Gasteiger partial charge >= 0.3 is 0 Å². The van der Waals surface area contributed by atoms with Crippen molar-refractivity contribution in [1.82, 2.24) is 10.6 Å². The van der Waals surface area contributed by atoms with Gasteiger partial charge in [-0.3, -0.25) is 0 Å². The molecule has 1 aliphatic rings. The number of hydrogen-bond acceptors (Lipinski definition) is 2. The van der Waals surface area contributed by atoms with Crippen molar-refractivity contribution in [3.8, 4) is 0 Å². The summed E-state index contributed by atoms with van der Waals surface area (Å²) >= 11 is 0. The van der Waals surface area contributed by atoms with E-state index in [0.29, 0.717) is 0 Å². The normalized spacial score (nSPS) is 14.9. The summed E-state index contributed by atoms with van der Waals surface area (Å²) in [5.74, 6) is 0. The van der Waals surface area contributed by atoms with Crippen molar-refractivity contribution >= 4 is 0 Å². The molecular weight excluding hydrogens is 220 g/mol. The fourth-order valence-electron chi connectivity index (χ4n) is 2.19. The molecule has 2 heteroatoms. The average molecular weight is 246 g/mol. The Morgan fingerprint density at radius 1 is 0.944 bits per heavy atom.